The third-order valence-electron chi connectivity index (χ3n) is 4.20. The monoisotopic (exact) mass is 272 g/mol. The van der Waals surface area contributed by atoms with Gasteiger partial charge in [0.15, 0.2) is 0 Å². The van der Waals surface area contributed by atoms with Crippen molar-refractivity contribution < 1.29 is 0 Å². The first-order valence-corrected chi connectivity index (χ1v) is 7.51. The van der Waals surface area contributed by atoms with E-state index >= 15 is 0 Å². The van der Waals surface area contributed by atoms with Crippen LogP contribution in [0.25, 0.3) is 10.9 Å². The van der Waals surface area contributed by atoms with Crippen molar-refractivity contribution in [3.63, 3.8) is 0 Å². The van der Waals surface area contributed by atoms with Crippen LogP contribution in [0, 0.1) is 20.8 Å². The van der Waals surface area contributed by atoms with Crippen molar-refractivity contribution in [2.75, 3.05) is 6.54 Å². The Kier molecular flexibility index (Phi) is 3.97. The quantitative estimate of drug-likeness (QED) is 0.892. The Balaban J connectivity index is 2.43. The van der Waals surface area contributed by atoms with Crippen LogP contribution in [0.3, 0.4) is 0 Å². The summed E-state index contributed by atoms with van der Waals surface area (Å²) in [5.41, 5.74) is 7.23. The van der Waals surface area contributed by atoms with E-state index in [0.717, 1.165) is 13.0 Å². The smallest absolute Gasteiger partial charge is 0.0515 e. The lowest BCUT2D eigenvalue weighted by molar-refractivity contribution is 0.429. The summed E-state index contributed by atoms with van der Waals surface area (Å²) in [6.07, 6.45) is 1.09. The van der Waals surface area contributed by atoms with Gasteiger partial charge in [0, 0.05) is 23.7 Å². The fourth-order valence-corrected chi connectivity index (χ4v) is 3.03. The molecule has 2 heteroatoms. The Hall–Kier alpha value is -1.28. The van der Waals surface area contributed by atoms with E-state index in [2.05, 4.69) is 70.6 Å². The van der Waals surface area contributed by atoms with Crippen LogP contribution in [0.15, 0.2) is 12.1 Å². The van der Waals surface area contributed by atoms with E-state index < -0.39 is 0 Å². The molecule has 0 atom stereocenters. The summed E-state index contributed by atoms with van der Waals surface area (Å²) in [4.78, 5) is 0. The Morgan fingerprint density at radius 1 is 1.05 bits per heavy atom. The minimum atomic E-state index is 0.184. The normalized spacial score (nSPS) is 12.3. The Morgan fingerprint density at radius 2 is 1.65 bits per heavy atom. The average Bonchev–Trinajstić information content (AvgIpc) is 2.58. The minimum absolute atomic E-state index is 0.184. The molecule has 1 N–H and O–H groups in total. The SMILES string of the molecule is Cc1ccc(C)c2c1c(CCNC(C)(C)C)c(C)n2C. The van der Waals surface area contributed by atoms with Gasteiger partial charge in [0.05, 0.1) is 5.52 Å². The fourth-order valence-electron chi connectivity index (χ4n) is 3.03. The second-order valence-electron chi connectivity index (χ2n) is 6.97. The Morgan fingerprint density at radius 3 is 2.25 bits per heavy atom. The number of benzene rings is 1. The van der Waals surface area contributed by atoms with E-state index in [1.54, 1.807) is 0 Å². The minimum Gasteiger partial charge on any atom is -0.347 e. The van der Waals surface area contributed by atoms with Gasteiger partial charge in [-0.05, 0) is 71.2 Å². The molecule has 0 amide bonds. The molecule has 0 bridgehead atoms. The molecule has 0 saturated heterocycles. The van der Waals surface area contributed by atoms with Crippen molar-refractivity contribution in [1.82, 2.24) is 9.88 Å². The predicted octanol–water partition coefficient (Wildman–Crippen LogP) is 4.03. The van der Waals surface area contributed by atoms with Gasteiger partial charge in [0.25, 0.3) is 0 Å². The van der Waals surface area contributed by atoms with E-state index in [4.69, 9.17) is 0 Å². The third-order valence-corrected chi connectivity index (χ3v) is 4.20. The summed E-state index contributed by atoms with van der Waals surface area (Å²) in [6, 6.07) is 4.48. The van der Waals surface area contributed by atoms with Crippen LogP contribution >= 0.6 is 0 Å². The second kappa shape index (κ2) is 5.25. The van der Waals surface area contributed by atoms with Crippen LogP contribution in [0.2, 0.25) is 0 Å². The van der Waals surface area contributed by atoms with Crippen molar-refractivity contribution in [1.29, 1.82) is 0 Å². The fraction of sp³-hybridized carbons (Fsp3) is 0.556. The standard InChI is InChI=1S/C18H28N2/c1-12-8-9-13(2)17-16(12)15(14(3)20(17)7)10-11-19-18(4,5)6/h8-9,19H,10-11H2,1-7H3. The maximum absolute atomic E-state index is 3.60. The number of hydrogen-bond donors (Lipinski definition) is 1. The summed E-state index contributed by atoms with van der Waals surface area (Å²) in [7, 11) is 2.19. The van der Waals surface area contributed by atoms with Crippen LogP contribution in [-0.2, 0) is 13.5 Å². The van der Waals surface area contributed by atoms with Gasteiger partial charge in [-0.25, -0.2) is 0 Å². The zero-order valence-corrected chi connectivity index (χ0v) is 14.0. The van der Waals surface area contributed by atoms with E-state index in [-0.39, 0.29) is 5.54 Å². The van der Waals surface area contributed by atoms with Crippen LogP contribution < -0.4 is 5.32 Å². The van der Waals surface area contributed by atoms with Crippen LogP contribution in [-0.4, -0.2) is 16.7 Å². The highest BCUT2D eigenvalue weighted by molar-refractivity contribution is 5.91. The first-order valence-electron chi connectivity index (χ1n) is 7.51. The van der Waals surface area contributed by atoms with E-state index in [9.17, 15) is 0 Å². The number of aryl methyl sites for hydroxylation is 3. The molecule has 1 aromatic carbocycles. The highest BCUT2D eigenvalue weighted by atomic mass is 15.0. The molecule has 20 heavy (non-hydrogen) atoms. The summed E-state index contributed by atoms with van der Waals surface area (Å²) < 4.78 is 2.35. The van der Waals surface area contributed by atoms with Crippen molar-refractivity contribution in [3.05, 3.63) is 34.5 Å². The summed E-state index contributed by atoms with van der Waals surface area (Å²) in [6.45, 7) is 14.4. The zero-order valence-electron chi connectivity index (χ0n) is 14.0. The number of hydrogen-bond acceptors (Lipinski definition) is 1. The van der Waals surface area contributed by atoms with Gasteiger partial charge in [-0.2, -0.15) is 0 Å². The zero-order chi connectivity index (χ0) is 15.1. The van der Waals surface area contributed by atoms with Gasteiger partial charge in [-0.1, -0.05) is 12.1 Å². The van der Waals surface area contributed by atoms with Gasteiger partial charge in [0.1, 0.15) is 0 Å². The molecular formula is C18H28N2. The van der Waals surface area contributed by atoms with Gasteiger partial charge in [-0.15, -0.1) is 0 Å². The highest BCUT2D eigenvalue weighted by Crippen LogP contribution is 2.30. The molecular weight excluding hydrogens is 244 g/mol. The molecule has 0 fully saturated rings. The van der Waals surface area contributed by atoms with Gasteiger partial charge >= 0.3 is 0 Å². The summed E-state index contributed by atoms with van der Waals surface area (Å²) in [5, 5.41) is 5.06. The Labute approximate surface area is 123 Å². The first-order chi connectivity index (χ1) is 9.22. The molecule has 0 spiro atoms. The summed E-state index contributed by atoms with van der Waals surface area (Å²) >= 11 is 0. The molecule has 0 radical (unpaired) electrons. The molecule has 110 valence electrons. The molecule has 2 aromatic rings. The third kappa shape index (κ3) is 2.76. The number of nitrogens with one attached hydrogen (secondary N) is 1. The van der Waals surface area contributed by atoms with Gasteiger partial charge in [0.2, 0.25) is 0 Å². The lowest BCUT2D eigenvalue weighted by Gasteiger charge is -2.20. The number of rotatable bonds is 3. The molecule has 1 heterocycles. The van der Waals surface area contributed by atoms with Crippen LogP contribution in [0.4, 0.5) is 0 Å². The lowest BCUT2D eigenvalue weighted by Crippen LogP contribution is -2.37. The molecule has 0 unspecified atom stereocenters. The first kappa shape index (κ1) is 15.1. The van der Waals surface area contributed by atoms with Crippen molar-refractivity contribution in [2.45, 2.75) is 53.5 Å². The molecule has 2 rings (SSSR count). The van der Waals surface area contributed by atoms with Crippen LogP contribution in [0.1, 0.15) is 43.2 Å². The van der Waals surface area contributed by atoms with Crippen LogP contribution in [0.5, 0.6) is 0 Å². The number of aromatic nitrogens is 1. The Bertz CT molecular complexity index is 627. The molecule has 1 aromatic heterocycles. The van der Waals surface area contributed by atoms with E-state index in [0.29, 0.717) is 0 Å². The average molecular weight is 272 g/mol. The predicted molar refractivity (Wildman–Crippen MR) is 88.6 cm³/mol. The van der Waals surface area contributed by atoms with Crippen molar-refractivity contribution in [3.8, 4) is 0 Å². The van der Waals surface area contributed by atoms with Crippen molar-refractivity contribution in [2.24, 2.45) is 7.05 Å². The number of nitrogens with zero attached hydrogens (tertiary/aromatic N) is 1. The van der Waals surface area contributed by atoms with Gasteiger partial charge < -0.3 is 9.88 Å². The summed E-state index contributed by atoms with van der Waals surface area (Å²) in [5.74, 6) is 0. The van der Waals surface area contributed by atoms with E-state index in [1.807, 2.05) is 0 Å². The number of fused-ring (bicyclic) bond motifs is 1. The molecule has 0 aliphatic rings. The second-order valence-corrected chi connectivity index (χ2v) is 6.97. The maximum Gasteiger partial charge on any atom is 0.0515 e. The van der Waals surface area contributed by atoms with Gasteiger partial charge in [-0.3, -0.25) is 0 Å². The highest BCUT2D eigenvalue weighted by Gasteiger charge is 2.16. The largest absolute Gasteiger partial charge is 0.347 e. The topological polar surface area (TPSA) is 17.0 Å². The molecule has 0 aliphatic carbocycles. The lowest BCUT2D eigenvalue weighted by atomic mass is 10.0. The molecule has 2 nitrogen and oxygen atoms in total. The van der Waals surface area contributed by atoms with Crippen molar-refractivity contribution >= 4 is 10.9 Å². The molecule has 0 aliphatic heterocycles. The maximum atomic E-state index is 3.60. The van der Waals surface area contributed by atoms with E-state index in [1.165, 1.54) is 33.3 Å². The molecule has 0 saturated carbocycles.